The average Bonchev–Trinajstić information content (AvgIpc) is 3.06. The van der Waals surface area contributed by atoms with Crippen molar-refractivity contribution < 1.29 is 58.9 Å². The zero-order chi connectivity index (χ0) is 37.9. The lowest BCUT2D eigenvalue weighted by Crippen LogP contribution is -2.61. The van der Waals surface area contributed by atoms with Gasteiger partial charge in [-0.1, -0.05) is 6.92 Å². The molecule has 278 valence electrons. The molecule has 12 nitrogen and oxygen atoms in total. The molecule has 51 heavy (non-hydrogen) atoms. The van der Waals surface area contributed by atoms with Gasteiger partial charge in [0.05, 0.1) is 66.3 Å². The largest absolute Gasteiger partial charge is 0.481 e. The van der Waals surface area contributed by atoms with Crippen LogP contribution >= 0.6 is 0 Å². The first-order valence-electron chi connectivity index (χ1n) is 15.5. The van der Waals surface area contributed by atoms with Gasteiger partial charge in [-0.2, -0.15) is 26.3 Å². The summed E-state index contributed by atoms with van der Waals surface area (Å²) in [5.74, 6) is -2.41. The number of carboxylic acid groups (broad SMARTS) is 1. The summed E-state index contributed by atoms with van der Waals surface area (Å²) in [5, 5.41) is 10.1. The summed E-state index contributed by atoms with van der Waals surface area (Å²) in [7, 11) is -1.30. The van der Waals surface area contributed by atoms with Gasteiger partial charge in [-0.25, -0.2) is 28.2 Å². The monoisotopic (exact) mass is 747 g/mol. The van der Waals surface area contributed by atoms with E-state index in [4.69, 9.17) is 10.5 Å². The Morgan fingerprint density at radius 3 is 2.24 bits per heavy atom. The van der Waals surface area contributed by atoms with Crippen molar-refractivity contribution in [2.24, 2.45) is 5.73 Å². The van der Waals surface area contributed by atoms with Gasteiger partial charge in [-0.15, -0.1) is 0 Å². The Bertz CT molecular complexity index is 1860. The number of methoxy groups -OCH3 is 2. The predicted molar refractivity (Wildman–Crippen MR) is 170 cm³/mol. The maximum Gasteiger partial charge on any atom is 0.416 e. The molecule has 3 aromatic rings. The number of halogens is 6. The van der Waals surface area contributed by atoms with Crippen LogP contribution in [0.5, 0.6) is 5.88 Å². The minimum atomic E-state index is -5.11. The highest BCUT2D eigenvalue weighted by molar-refractivity contribution is 7.91. The summed E-state index contributed by atoms with van der Waals surface area (Å²) in [6.07, 6.45) is -11.3. The summed E-state index contributed by atoms with van der Waals surface area (Å²) in [6.45, 7) is 1.66. The highest BCUT2D eigenvalue weighted by atomic mass is 32.2. The number of ether oxygens (including phenoxy) is 2. The number of hydrogen-bond acceptors (Lipinski definition) is 10. The maximum absolute atomic E-state index is 13.7. The van der Waals surface area contributed by atoms with Crippen LogP contribution in [-0.2, 0) is 44.6 Å². The molecular weight excluding hydrogens is 712 g/mol. The fourth-order valence-corrected chi connectivity index (χ4v) is 7.09. The maximum atomic E-state index is 13.7. The molecule has 0 fully saturated rings. The Balaban J connectivity index is 1.83. The topological polar surface area (TPSA) is 175 Å². The molecular formula is C32H35F6N5O7S. The zero-order valence-electron chi connectivity index (χ0n) is 27.6. The molecule has 19 heteroatoms. The van der Waals surface area contributed by atoms with Crippen LogP contribution in [-0.4, -0.2) is 71.9 Å². The predicted octanol–water partition coefficient (Wildman–Crippen LogP) is 5.50. The molecule has 2 aromatic heterocycles. The number of aromatic nitrogens is 3. The number of carbonyl (C=O) groups excluding carboxylic acids is 1. The molecule has 1 aliphatic heterocycles. The minimum Gasteiger partial charge on any atom is -0.481 e. The minimum absolute atomic E-state index is 0.00205. The Morgan fingerprint density at radius 2 is 1.69 bits per heavy atom. The van der Waals surface area contributed by atoms with E-state index in [1.165, 1.54) is 25.4 Å². The number of sulfone groups is 1. The Hall–Kier alpha value is -4.52. The lowest BCUT2D eigenvalue weighted by molar-refractivity contribution is -0.143. The first-order chi connectivity index (χ1) is 23.7. The van der Waals surface area contributed by atoms with Crippen LogP contribution < -0.4 is 15.4 Å². The summed E-state index contributed by atoms with van der Waals surface area (Å²) in [5.41, 5.74) is 2.18. The van der Waals surface area contributed by atoms with Crippen LogP contribution in [0.3, 0.4) is 0 Å². The number of esters is 1. The fraction of sp³-hybridized carbons (Fsp3) is 0.469. The second kappa shape index (κ2) is 15.0. The number of benzene rings is 1. The highest BCUT2D eigenvalue weighted by Gasteiger charge is 2.47. The molecule has 0 saturated carbocycles. The van der Waals surface area contributed by atoms with Gasteiger partial charge in [0, 0.05) is 18.7 Å². The van der Waals surface area contributed by atoms with Crippen molar-refractivity contribution in [2.45, 2.75) is 69.4 Å². The first kappa shape index (κ1) is 39.3. The number of hydrogen-bond donors (Lipinski definition) is 2. The average molecular weight is 748 g/mol. The molecule has 1 aliphatic rings. The van der Waals surface area contributed by atoms with E-state index in [-0.39, 0.29) is 78.1 Å². The molecule has 2 atom stereocenters. The van der Waals surface area contributed by atoms with Crippen molar-refractivity contribution in [2.75, 3.05) is 30.6 Å². The van der Waals surface area contributed by atoms with Gasteiger partial charge in [0.25, 0.3) is 0 Å². The van der Waals surface area contributed by atoms with Gasteiger partial charge in [-0.3, -0.25) is 9.69 Å². The van der Waals surface area contributed by atoms with E-state index in [0.717, 1.165) is 12.0 Å². The Morgan fingerprint density at radius 1 is 1.04 bits per heavy atom. The van der Waals surface area contributed by atoms with Gasteiger partial charge < -0.3 is 20.3 Å². The van der Waals surface area contributed by atoms with Gasteiger partial charge in [0.1, 0.15) is 11.5 Å². The SMILES string of the molecule is CC[C@]1(N)C[C@H](c2ncc(CCCS(=O)(=O)CCC(=O)OC)c(Cc3cc(C(F)(F)F)cc(C(F)(F)F)c3)n2)c2nc(OC)ccc2N1C(=O)O. The van der Waals surface area contributed by atoms with Crippen LogP contribution in [0, 0.1) is 0 Å². The van der Waals surface area contributed by atoms with Crippen LogP contribution in [0.25, 0.3) is 0 Å². The number of anilines is 1. The molecule has 1 amide bonds. The van der Waals surface area contributed by atoms with Crippen LogP contribution in [0.2, 0.25) is 0 Å². The van der Waals surface area contributed by atoms with Crippen molar-refractivity contribution >= 4 is 27.6 Å². The third kappa shape index (κ3) is 9.24. The molecule has 0 aliphatic carbocycles. The number of nitrogens with zero attached hydrogens (tertiary/aromatic N) is 4. The van der Waals surface area contributed by atoms with Gasteiger partial charge in [0.15, 0.2) is 9.84 Å². The first-order valence-corrected chi connectivity index (χ1v) is 17.3. The molecule has 4 rings (SSSR count). The molecule has 3 N–H and O–H groups in total. The highest BCUT2D eigenvalue weighted by Crippen LogP contribution is 2.45. The second-order valence-corrected chi connectivity index (χ2v) is 14.3. The third-order valence-corrected chi connectivity index (χ3v) is 10.3. The normalized spacial score (nSPS) is 17.9. The Kier molecular flexibility index (Phi) is 11.5. The molecule has 0 spiro atoms. The van der Waals surface area contributed by atoms with E-state index in [9.17, 15) is 49.5 Å². The number of carbonyl (C=O) groups is 2. The quantitative estimate of drug-likeness (QED) is 0.177. The van der Waals surface area contributed by atoms with Crippen LogP contribution in [0.15, 0.2) is 36.5 Å². The van der Waals surface area contributed by atoms with Crippen LogP contribution in [0.1, 0.15) is 78.0 Å². The van der Waals surface area contributed by atoms with E-state index >= 15 is 0 Å². The molecule has 1 aromatic carbocycles. The Labute approximate surface area is 288 Å². The van der Waals surface area contributed by atoms with E-state index in [0.29, 0.717) is 12.1 Å². The van der Waals surface area contributed by atoms with E-state index in [2.05, 4.69) is 19.7 Å². The van der Waals surface area contributed by atoms with Gasteiger partial charge >= 0.3 is 24.4 Å². The van der Waals surface area contributed by atoms with E-state index in [1.54, 1.807) is 6.92 Å². The lowest BCUT2D eigenvalue weighted by atomic mass is 9.83. The number of pyridine rings is 1. The number of nitrogens with two attached hydrogens (primary N) is 1. The molecule has 0 bridgehead atoms. The summed E-state index contributed by atoms with van der Waals surface area (Å²) in [6, 6.07) is 4.02. The number of fused-ring (bicyclic) bond motifs is 1. The van der Waals surface area contributed by atoms with E-state index in [1.807, 2.05) is 0 Å². The number of aryl methyl sites for hydroxylation is 1. The smallest absolute Gasteiger partial charge is 0.416 e. The van der Waals surface area contributed by atoms with E-state index < -0.39 is 74.9 Å². The van der Waals surface area contributed by atoms with Crippen molar-refractivity contribution in [1.82, 2.24) is 15.0 Å². The summed E-state index contributed by atoms with van der Waals surface area (Å²) >= 11 is 0. The zero-order valence-corrected chi connectivity index (χ0v) is 28.5. The molecule has 0 radical (unpaired) electrons. The molecule has 0 saturated heterocycles. The summed E-state index contributed by atoms with van der Waals surface area (Å²) in [4.78, 5) is 38.3. The second-order valence-electron chi connectivity index (χ2n) is 12.0. The van der Waals surface area contributed by atoms with Gasteiger partial charge in [0.2, 0.25) is 5.88 Å². The van der Waals surface area contributed by atoms with Gasteiger partial charge in [-0.05, 0) is 61.1 Å². The number of amides is 1. The lowest BCUT2D eigenvalue weighted by Gasteiger charge is -2.45. The number of alkyl halides is 6. The summed E-state index contributed by atoms with van der Waals surface area (Å²) < 4.78 is 117. The third-order valence-electron chi connectivity index (χ3n) is 8.51. The molecule has 0 unspecified atom stereocenters. The van der Waals surface area contributed by atoms with Crippen LogP contribution in [0.4, 0.5) is 36.8 Å². The standard InChI is InChI=1S/C32H35F6N5O7S/c1-4-30(39)16-22(27-24(43(30)29(45)46)7-8-25(42-27)49-2)28-40-17-19(6-5-10-51(47,48)11-9-26(44)50-3)23(41-28)14-18-12-20(31(33,34)35)15-21(13-18)32(36,37)38/h7-8,12-13,15,17,22H,4-6,9-11,14,16,39H2,1-3H3,(H,45,46)/t22-,30+/m0/s1. The van der Waals surface area contributed by atoms with Crippen molar-refractivity contribution in [3.63, 3.8) is 0 Å². The fourth-order valence-electron chi connectivity index (χ4n) is 5.83. The molecule has 3 heterocycles. The van der Waals surface area contributed by atoms with Crippen molar-refractivity contribution in [3.8, 4) is 5.88 Å². The number of rotatable bonds is 12. The van der Waals surface area contributed by atoms with Crippen molar-refractivity contribution in [3.05, 3.63) is 76.0 Å². The van der Waals surface area contributed by atoms with Crippen molar-refractivity contribution in [1.29, 1.82) is 0 Å².